The lowest BCUT2D eigenvalue weighted by Gasteiger charge is -2.56. The smallest absolute Gasteiger partial charge is 0.306 e. The van der Waals surface area contributed by atoms with E-state index in [9.17, 15) is 14.7 Å². The Morgan fingerprint density at radius 3 is 2.38 bits per heavy atom. The SMILES string of the molecule is CC(c1ccc(-c2ccccc2)cc1)n1ncc2cc(Cl)cc(C(=O)NC3CC4(C3)CC(C(=O)O)C4)c21. The standard InChI is InChI=1S/C30H28ClN3O3/c1-18(19-7-9-21(10-8-19)20-5-3-2-4-6-20)34-27-22(17-32-34)11-24(31)12-26(27)28(35)33-25-15-30(16-25)13-23(14-30)29(36)37/h2-12,17-18,23,25H,13-16H2,1H3,(H,33,35)(H,36,37). The average molecular weight is 514 g/mol. The van der Waals surface area contributed by atoms with Crippen LogP contribution in [0.2, 0.25) is 5.02 Å². The van der Waals surface area contributed by atoms with Crippen LogP contribution in [0.25, 0.3) is 22.0 Å². The van der Waals surface area contributed by atoms with Gasteiger partial charge in [0, 0.05) is 16.5 Å². The van der Waals surface area contributed by atoms with Crippen LogP contribution in [-0.2, 0) is 4.79 Å². The number of carbonyl (C=O) groups excluding carboxylic acids is 1. The molecule has 1 spiro atoms. The summed E-state index contributed by atoms with van der Waals surface area (Å²) < 4.78 is 1.89. The van der Waals surface area contributed by atoms with E-state index in [0.29, 0.717) is 23.4 Å². The Labute approximate surface area is 220 Å². The molecule has 2 aliphatic carbocycles. The maximum absolute atomic E-state index is 13.4. The first-order chi connectivity index (χ1) is 17.8. The number of fused-ring (bicyclic) bond motifs is 1. The van der Waals surface area contributed by atoms with Gasteiger partial charge in [-0.05, 0) is 66.8 Å². The number of nitrogens with zero attached hydrogens (tertiary/aromatic N) is 2. The first-order valence-electron chi connectivity index (χ1n) is 12.7. The topological polar surface area (TPSA) is 84.2 Å². The van der Waals surface area contributed by atoms with Gasteiger partial charge in [0.2, 0.25) is 0 Å². The van der Waals surface area contributed by atoms with Crippen LogP contribution >= 0.6 is 11.6 Å². The van der Waals surface area contributed by atoms with Gasteiger partial charge in [0.1, 0.15) is 0 Å². The number of nitrogens with one attached hydrogen (secondary N) is 1. The Hall–Kier alpha value is -3.64. The fraction of sp³-hybridized carbons (Fsp3) is 0.300. The van der Waals surface area contributed by atoms with Crippen LogP contribution in [0.5, 0.6) is 0 Å². The Bertz CT molecular complexity index is 1480. The molecular weight excluding hydrogens is 486 g/mol. The van der Waals surface area contributed by atoms with Crippen LogP contribution in [-0.4, -0.2) is 32.8 Å². The molecule has 1 unspecified atom stereocenters. The summed E-state index contributed by atoms with van der Waals surface area (Å²) in [7, 11) is 0. The van der Waals surface area contributed by atoms with Gasteiger partial charge < -0.3 is 10.4 Å². The average Bonchev–Trinajstić information content (AvgIpc) is 3.27. The number of carbonyl (C=O) groups is 2. The molecule has 2 aliphatic rings. The van der Waals surface area contributed by atoms with E-state index in [0.717, 1.165) is 40.4 Å². The lowest BCUT2D eigenvalue weighted by molar-refractivity contribution is -0.155. The van der Waals surface area contributed by atoms with Crippen molar-refractivity contribution in [2.75, 3.05) is 0 Å². The number of benzene rings is 3. The van der Waals surface area contributed by atoms with Gasteiger partial charge in [0.25, 0.3) is 5.91 Å². The number of aliphatic carboxylic acids is 1. The molecule has 4 aromatic rings. The normalized spacial score (nSPS) is 23.3. The third-order valence-electron chi connectivity index (χ3n) is 8.17. The Morgan fingerprint density at radius 1 is 1.03 bits per heavy atom. The van der Waals surface area contributed by atoms with Gasteiger partial charge in [-0.15, -0.1) is 0 Å². The van der Waals surface area contributed by atoms with Gasteiger partial charge in [0.05, 0.1) is 29.2 Å². The molecule has 37 heavy (non-hydrogen) atoms. The number of rotatable bonds is 6. The molecule has 2 fully saturated rings. The molecule has 0 bridgehead atoms. The van der Waals surface area contributed by atoms with Crippen molar-refractivity contribution in [2.45, 2.75) is 44.7 Å². The molecule has 188 valence electrons. The summed E-state index contributed by atoms with van der Waals surface area (Å²) in [5, 5.41) is 18.3. The molecule has 1 atom stereocenters. The van der Waals surface area contributed by atoms with Crippen LogP contribution in [0, 0.1) is 11.3 Å². The molecule has 2 N–H and O–H groups in total. The van der Waals surface area contributed by atoms with E-state index in [1.807, 2.05) is 28.9 Å². The van der Waals surface area contributed by atoms with Crippen LogP contribution < -0.4 is 5.32 Å². The van der Waals surface area contributed by atoms with Crippen molar-refractivity contribution >= 4 is 34.4 Å². The molecule has 1 amide bonds. The Kier molecular flexibility index (Phi) is 5.80. The van der Waals surface area contributed by atoms with Gasteiger partial charge >= 0.3 is 5.97 Å². The lowest BCUT2D eigenvalue weighted by atomic mass is 9.50. The third kappa shape index (κ3) is 4.29. The highest BCUT2D eigenvalue weighted by Crippen LogP contribution is 2.58. The molecule has 0 saturated heterocycles. The maximum Gasteiger partial charge on any atom is 0.306 e. The molecular formula is C30H28ClN3O3. The number of hydrogen-bond donors (Lipinski definition) is 2. The molecule has 0 radical (unpaired) electrons. The zero-order chi connectivity index (χ0) is 25.7. The second kappa shape index (κ2) is 9.03. The molecule has 0 aliphatic heterocycles. The molecule has 1 aromatic heterocycles. The lowest BCUT2D eigenvalue weighted by Crippen LogP contribution is -2.57. The van der Waals surface area contributed by atoms with Gasteiger partial charge in [-0.25, -0.2) is 0 Å². The van der Waals surface area contributed by atoms with E-state index < -0.39 is 5.97 Å². The van der Waals surface area contributed by atoms with E-state index in [-0.39, 0.29) is 29.3 Å². The first kappa shape index (κ1) is 23.7. The predicted octanol–water partition coefficient (Wildman–Crippen LogP) is 6.34. The largest absolute Gasteiger partial charge is 0.481 e. The van der Waals surface area contributed by atoms with E-state index >= 15 is 0 Å². The fourth-order valence-electron chi connectivity index (χ4n) is 6.19. The first-order valence-corrected chi connectivity index (χ1v) is 13.1. The molecule has 3 aromatic carbocycles. The van der Waals surface area contributed by atoms with E-state index in [1.54, 1.807) is 12.3 Å². The van der Waals surface area contributed by atoms with Gasteiger partial charge in [0.15, 0.2) is 0 Å². The summed E-state index contributed by atoms with van der Waals surface area (Å²) >= 11 is 6.38. The minimum absolute atomic E-state index is 0.0515. The highest BCUT2D eigenvalue weighted by Gasteiger charge is 2.55. The minimum atomic E-state index is -0.712. The van der Waals surface area contributed by atoms with Gasteiger partial charge in [-0.1, -0.05) is 66.2 Å². The van der Waals surface area contributed by atoms with Crippen LogP contribution in [0.4, 0.5) is 0 Å². The van der Waals surface area contributed by atoms with Crippen molar-refractivity contribution in [2.24, 2.45) is 11.3 Å². The highest BCUT2D eigenvalue weighted by atomic mass is 35.5. The number of hydrogen-bond acceptors (Lipinski definition) is 3. The summed E-state index contributed by atoms with van der Waals surface area (Å²) in [5.74, 6) is -1.12. The number of halogens is 1. The van der Waals surface area contributed by atoms with Crippen LogP contribution in [0.15, 0.2) is 72.9 Å². The Morgan fingerprint density at radius 2 is 1.70 bits per heavy atom. The predicted molar refractivity (Wildman–Crippen MR) is 144 cm³/mol. The van der Waals surface area contributed by atoms with E-state index in [2.05, 4.69) is 53.7 Å². The van der Waals surface area contributed by atoms with E-state index in [1.165, 1.54) is 0 Å². The highest BCUT2D eigenvalue weighted by molar-refractivity contribution is 6.32. The van der Waals surface area contributed by atoms with Crippen molar-refractivity contribution < 1.29 is 14.7 Å². The summed E-state index contributed by atoms with van der Waals surface area (Å²) in [6.45, 7) is 2.07. The van der Waals surface area contributed by atoms with Crippen molar-refractivity contribution in [3.63, 3.8) is 0 Å². The maximum atomic E-state index is 13.4. The van der Waals surface area contributed by atoms with Crippen LogP contribution in [0.1, 0.15) is 54.6 Å². The molecule has 6 nitrogen and oxygen atoms in total. The molecule has 2 saturated carbocycles. The summed E-state index contributed by atoms with van der Waals surface area (Å²) in [4.78, 5) is 24.6. The van der Waals surface area contributed by atoms with Crippen molar-refractivity contribution in [1.29, 1.82) is 0 Å². The number of carboxylic acid groups (broad SMARTS) is 1. The fourth-order valence-corrected chi connectivity index (χ4v) is 6.42. The van der Waals surface area contributed by atoms with Crippen molar-refractivity contribution in [3.8, 4) is 11.1 Å². The zero-order valence-electron chi connectivity index (χ0n) is 20.5. The van der Waals surface area contributed by atoms with Crippen molar-refractivity contribution in [1.82, 2.24) is 15.1 Å². The summed E-state index contributed by atoms with van der Waals surface area (Å²) in [6.07, 6.45) is 4.84. The number of amides is 1. The quantitative estimate of drug-likeness (QED) is 0.315. The summed E-state index contributed by atoms with van der Waals surface area (Å²) in [6, 6.07) is 22.2. The number of carboxylic acids is 1. The Balaban J connectivity index is 1.23. The van der Waals surface area contributed by atoms with E-state index in [4.69, 9.17) is 11.6 Å². The molecule has 6 rings (SSSR count). The number of aromatic nitrogens is 2. The summed E-state index contributed by atoms with van der Waals surface area (Å²) in [5.41, 5.74) is 4.75. The minimum Gasteiger partial charge on any atom is -0.481 e. The molecule has 1 heterocycles. The van der Waals surface area contributed by atoms with Gasteiger partial charge in [-0.3, -0.25) is 14.3 Å². The monoisotopic (exact) mass is 513 g/mol. The second-order valence-corrected chi connectivity index (χ2v) is 11.1. The second-order valence-electron chi connectivity index (χ2n) is 10.7. The molecule has 7 heteroatoms. The van der Waals surface area contributed by atoms with Gasteiger partial charge in [-0.2, -0.15) is 5.10 Å². The van der Waals surface area contributed by atoms with Crippen molar-refractivity contribution in [3.05, 3.63) is 89.1 Å². The zero-order valence-corrected chi connectivity index (χ0v) is 21.3. The van der Waals surface area contributed by atoms with Crippen LogP contribution in [0.3, 0.4) is 0 Å². The third-order valence-corrected chi connectivity index (χ3v) is 8.39.